The molecule has 0 radical (unpaired) electrons. The predicted octanol–water partition coefficient (Wildman–Crippen LogP) is 5.06. The molecule has 0 saturated heterocycles. The Hall–Kier alpha value is -2.11. The summed E-state index contributed by atoms with van der Waals surface area (Å²) in [5.41, 5.74) is 2.59. The molecule has 0 N–H and O–H groups in total. The molecule has 1 heterocycles. The second kappa shape index (κ2) is 7.20. The van der Waals surface area contributed by atoms with Crippen LogP contribution in [0.2, 0.25) is 5.02 Å². The van der Waals surface area contributed by atoms with Crippen LogP contribution in [0.25, 0.3) is 11.5 Å². The highest BCUT2D eigenvalue weighted by atomic mass is 35.5. The third-order valence-electron chi connectivity index (χ3n) is 3.48. The van der Waals surface area contributed by atoms with Gasteiger partial charge in [0.05, 0.1) is 5.25 Å². The lowest BCUT2D eigenvalue weighted by Gasteiger charge is -2.07. The standard InChI is InChI=1S/C18H15ClN2O2S/c1-11-3-5-13(6-4-11)16(22)12(2)24-18-21-20-17(23-18)14-7-9-15(19)10-8-14/h3-10,12H,1-2H3. The lowest BCUT2D eigenvalue weighted by molar-refractivity contribution is 0.0993. The van der Waals surface area contributed by atoms with Crippen molar-refractivity contribution in [2.75, 3.05) is 0 Å². The van der Waals surface area contributed by atoms with Crippen molar-refractivity contribution in [1.29, 1.82) is 0 Å². The minimum atomic E-state index is -0.314. The van der Waals surface area contributed by atoms with Crippen LogP contribution in [-0.2, 0) is 0 Å². The Balaban J connectivity index is 1.70. The quantitative estimate of drug-likeness (QED) is 0.471. The van der Waals surface area contributed by atoms with Crippen molar-refractivity contribution in [2.45, 2.75) is 24.3 Å². The smallest absolute Gasteiger partial charge is 0.277 e. The number of halogens is 1. The second-order valence-electron chi connectivity index (χ2n) is 5.37. The molecular formula is C18H15ClN2O2S. The zero-order chi connectivity index (χ0) is 17.1. The van der Waals surface area contributed by atoms with E-state index in [0.29, 0.717) is 21.7 Å². The maximum atomic E-state index is 12.4. The van der Waals surface area contributed by atoms with Crippen molar-refractivity contribution in [3.63, 3.8) is 0 Å². The summed E-state index contributed by atoms with van der Waals surface area (Å²) in [5.74, 6) is 0.440. The zero-order valence-corrected chi connectivity index (χ0v) is 14.8. The maximum absolute atomic E-state index is 12.4. The molecule has 2 aromatic carbocycles. The molecule has 0 aliphatic rings. The first kappa shape index (κ1) is 16.7. The van der Waals surface area contributed by atoms with Gasteiger partial charge in [-0.05, 0) is 38.1 Å². The van der Waals surface area contributed by atoms with E-state index >= 15 is 0 Å². The molecule has 4 nitrogen and oxygen atoms in total. The number of aromatic nitrogens is 2. The van der Waals surface area contributed by atoms with Gasteiger partial charge < -0.3 is 4.42 Å². The van der Waals surface area contributed by atoms with E-state index in [-0.39, 0.29) is 11.0 Å². The van der Waals surface area contributed by atoms with E-state index in [9.17, 15) is 4.79 Å². The summed E-state index contributed by atoms with van der Waals surface area (Å²) in [5, 5.41) is 8.73. The van der Waals surface area contributed by atoms with Crippen molar-refractivity contribution in [3.05, 3.63) is 64.7 Å². The van der Waals surface area contributed by atoms with Gasteiger partial charge in [0, 0.05) is 16.1 Å². The molecule has 1 aromatic heterocycles. The van der Waals surface area contributed by atoms with Crippen molar-refractivity contribution in [3.8, 4) is 11.5 Å². The van der Waals surface area contributed by atoms with Crippen LogP contribution < -0.4 is 0 Å². The van der Waals surface area contributed by atoms with Gasteiger partial charge in [-0.15, -0.1) is 10.2 Å². The Morgan fingerprint density at radius 1 is 1.08 bits per heavy atom. The molecule has 0 fully saturated rings. The number of carbonyl (C=O) groups is 1. The van der Waals surface area contributed by atoms with Crippen molar-refractivity contribution >= 4 is 29.1 Å². The molecule has 0 saturated carbocycles. The van der Waals surface area contributed by atoms with Crippen LogP contribution in [0.1, 0.15) is 22.8 Å². The molecule has 3 aromatic rings. The summed E-state index contributed by atoms with van der Waals surface area (Å²) >= 11 is 7.12. The number of thioether (sulfide) groups is 1. The van der Waals surface area contributed by atoms with Gasteiger partial charge in [-0.25, -0.2) is 0 Å². The molecule has 122 valence electrons. The number of rotatable bonds is 5. The third kappa shape index (κ3) is 3.86. The molecule has 0 bridgehead atoms. The Morgan fingerprint density at radius 2 is 1.75 bits per heavy atom. The van der Waals surface area contributed by atoms with Crippen LogP contribution in [0, 0.1) is 6.92 Å². The van der Waals surface area contributed by atoms with Crippen LogP contribution in [0.5, 0.6) is 0 Å². The fourth-order valence-electron chi connectivity index (χ4n) is 2.12. The lowest BCUT2D eigenvalue weighted by Crippen LogP contribution is -2.13. The molecule has 0 aliphatic heterocycles. The van der Waals surface area contributed by atoms with Crippen LogP contribution in [0.3, 0.4) is 0 Å². The molecule has 1 atom stereocenters. The highest BCUT2D eigenvalue weighted by Gasteiger charge is 2.20. The first-order chi connectivity index (χ1) is 11.5. The largest absolute Gasteiger partial charge is 0.411 e. The Labute approximate surface area is 149 Å². The van der Waals surface area contributed by atoms with E-state index in [2.05, 4.69) is 10.2 Å². The van der Waals surface area contributed by atoms with Gasteiger partial charge in [0.2, 0.25) is 5.89 Å². The lowest BCUT2D eigenvalue weighted by atomic mass is 10.1. The SMILES string of the molecule is Cc1ccc(C(=O)C(C)Sc2nnc(-c3ccc(Cl)cc3)o2)cc1. The average Bonchev–Trinajstić information content (AvgIpc) is 3.04. The summed E-state index contributed by atoms with van der Waals surface area (Å²) < 4.78 is 5.63. The van der Waals surface area contributed by atoms with Gasteiger partial charge in [-0.3, -0.25) is 4.79 Å². The molecular weight excluding hydrogens is 344 g/mol. The number of hydrogen-bond donors (Lipinski definition) is 0. The minimum absolute atomic E-state index is 0.0336. The van der Waals surface area contributed by atoms with Gasteiger partial charge >= 0.3 is 0 Å². The number of Topliss-reactive ketones (excluding diaryl/α,β-unsaturated/α-hetero) is 1. The van der Waals surface area contributed by atoms with E-state index < -0.39 is 0 Å². The summed E-state index contributed by atoms with van der Waals surface area (Å²) in [6.45, 7) is 3.82. The average molecular weight is 359 g/mol. The third-order valence-corrected chi connectivity index (χ3v) is 4.67. The highest BCUT2D eigenvalue weighted by molar-refractivity contribution is 8.00. The van der Waals surface area contributed by atoms with E-state index in [1.165, 1.54) is 11.8 Å². The number of benzene rings is 2. The normalized spacial score (nSPS) is 12.1. The Bertz CT molecular complexity index is 844. The van der Waals surface area contributed by atoms with Crippen LogP contribution in [-0.4, -0.2) is 21.2 Å². The molecule has 24 heavy (non-hydrogen) atoms. The monoisotopic (exact) mass is 358 g/mol. The number of nitrogens with zero attached hydrogens (tertiary/aromatic N) is 2. The molecule has 3 rings (SSSR count). The second-order valence-corrected chi connectivity index (χ2v) is 7.10. The molecule has 6 heteroatoms. The van der Waals surface area contributed by atoms with E-state index in [1.54, 1.807) is 12.1 Å². The van der Waals surface area contributed by atoms with Crippen molar-refractivity contribution < 1.29 is 9.21 Å². The first-order valence-electron chi connectivity index (χ1n) is 7.40. The van der Waals surface area contributed by atoms with Crippen molar-refractivity contribution in [2.24, 2.45) is 0 Å². The van der Waals surface area contributed by atoms with Crippen LogP contribution in [0.15, 0.2) is 58.2 Å². The molecule has 0 amide bonds. The highest BCUT2D eigenvalue weighted by Crippen LogP contribution is 2.28. The summed E-state index contributed by atoms with van der Waals surface area (Å²) in [4.78, 5) is 12.4. The van der Waals surface area contributed by atoms with Gasteiger partial charge in [-0.2, -0.15) is 0 Å². The summed E-state index contributed by atoms with van der Waals surface area (Å²) in [6.07, 6.45) is 0. The number of carbonyl (C=O) groups excluding carboxylic acids is 1. The summed E-state index contributed by atoms with van der Waals surface area (Å²) in [6, 6.07) is 14.7. The van der Waals surface area contributed by atoms with Crippen LogP contribution in [0.4, 0.5) is 0 Å². The number of ketones is 1. The van der Waals surface area contributed by atoms with E-state index in [0.717, 1.165) is 11.1 Å². The summed E-state index contributed by atoms with van der Waals surface area (Å²) in [7, 11) is 0. The first-order valence-corrected chi connectivity index (χ1v) is 8.65. The molecule has 1 unspecified atom stereocenters. The molecule has 0 spiro atoms. The van der Waals surface area contributed by atoms with Crippen molar-refractivity contribution in [1.82, 2.24) is 10.2 Å². The van der Waals surface area contributed by atoms with E-state index in [1.807, 2.05) is 50.2 Å². The minimum Gasteiger partial charge on any atom is -0.411 e. The maximum Gasteiger partial charge on any atom is 0.277 e. The van der Waals surface area contributed by atoms with Gasteiger partial charge in [0.25, 0.3) is 5.22 Å². The topological polar surface area (TPSA) is 56.0 Å². The van der Waals surface area contributed by atoms with Gasteiger partial charge in [0.1, 0.15) is 0 Å². The van der Waals surface area contributed by atoms with Gasteiger partial charge in [0.15, 0.2) is 5.78 Å². The fraction of sp³-hybridized carbons (Fsp3) is 0.167. The van der Waals surface area contributed by atoms with Gasteiger partial charge in [-0.1, -0.05) is 53.2 Å². The van der Waals surface area contributed by atoms with Crippen LogP contribution >= 0.6 is 23.4 Å². The molecule has 0 aliphatic carbocycles. The van der Waals surface area contributed by atoms with E-state index in [4.69, 9.17) is 16.0 Å². The number of aryl methyl sites for hydroxylation is 1. The fourth-order valence-corrected chi connectivity index (χ4v) is 3.01. The Kier molecular flexibility index (Phi) is 5.02. The number of hydrogen-bond acceptors (Lipinski definition) is 5. The predicted molar refractivity (Wildman–Crippen MR) is 95.6 cm³/mol. The Morgan fingerprint density at radius 3 is 2.42 bits per heavy atom. The zero-order valence-electron chi connectivity index (χ0n) is 13.2.